The fourth-order valence-electron chi connectivity index (χ4n) is 2.83. The number of ether oxygens (including phenoxy) is 2. The van der Waals surface area contributed by atoms with E-state index in [1.807, 2.05) is 6.92 Å². The van der Waals surface area contributed by atoms with Crippen molar-refractivity contribution in [1.29, 1.82) is 0 Å². The Bertz CT molecular complexity index is 1220. The van der Waals surface area contributed by atoms with Crippen molar-refractivity contribution >= 4 is 41.3 Å². The highest BCUT2D eigenvalue weighted by molar-refractivity contribution is 6.40. The topological polar surface area (TPSA) is 106 Å². The zero-order chi connectivity index (χ0) is 25.2. The molecule has 0 saturated heterocycles. The SMILES string of the molecule is CCCOc1ccc(C(=O)Oc2ccc(C=NNC(=O)C(=O)Nc3cccc(Cl)c3C)cc2)cc1. The maximum atomic E-state index is 12.3. The lowest BCUT2D eigenvalue weighted by atomic mass is 10.2. The van der Waals surface area contributed by atoms with Crippen LogP contribution in [0.25, 0.3) is 0 Å². The summed E-state index contributed by atoms with van der Waals surface area (Å²) in [5.41, 5.74) is 4.26. The van der Waals surface area contributed by atoms with Crippen LogP contribution < -0.4 is 20.2 Å². The standard InChI is InChI=1S/C26H24ClN3O5/c1-3-15-34-20-13-9-19(10-14-20)26(33)35-21-11-7-18(8-12-21)16-28-30-25(32)24(31)29-23-6-4-5-22(27)17(23)2/h4-14,16H,3,15H2,1-2H3,(H,29,31)(H,30,32). The lowest BCUT2D eigenvalue weighted by Gasteiger charge is -2.08. The van der Waals surface area contributed by atoms with Gasteiger partial charge in [0.05, 0.1) is 18.4 Å². The van der Waals surface area contributed by atoms with Crippen molar-refractivity contribution in [3.05, 3.63) is 88.4 Å². The van der Waals surface area contributed by atoms with Crippen LogP contribution in [0, 0.1) is 6.92 Å². The highest BCUT2D eigenvalue weighted by Crippen LogP contribution is 2.22. The quantitative estimate of drug-likeness (QED) is 0.155. The minimum atomic E-state index is -0.933. The molecule has 0 radical (unpaired) electrons. The molecule has 35 heavy (non-hydrogen) atoms. The van der Waals surface area contributed by atoms with E-state index >= 15 is 0 Å². The van der Waals surface area contributed by atoms with E-state index in [0.717, 1.165) is 6.42 Å². The zero-order valence-electron chi connectivity index (χ0n) is 19.2. The Hall–Kier alpha value is -4.17. The molecule has 3 rings (SSSR count). The first-order valence-corrected chi connectivity index (χ1v) is 11.2. The molecule has 0 bridgehead atoms. The molecule has 0 atom stereocenters. The minimum absolute atomic E-state index is 0.346. The number of rotatable bonds is 8. The van der Waals surface area contributed by atoms with Gasteiger partial charge in [-0.05, 0) is 85.1 Å². The van der Waals surface area contributed by atoms with Gasteiger partial charge in [-0.2, -0.15) is 5.10 Å². The number of halogens is 1. The monoisotopic (exact) mass is 493 g/mol. The highest BCUT2D eigenvalue weighted by Gasteiger charge is 2.14. The Labute approximate surface area is 207 Å². The Morgan fingerprint density at radius 3 is 2.31 bits per heavy atom. The van der Waals surface area contributed by atoms with Crippen LogP contribution in [0.3, 0.4) is 0 Å². The Morgan fingerprint density at radius 2 is 1.63 bits per heavy atom. The summed E-state index contributed by atoms with van der Waals surface area (Å²) in [7, 11) is 0. The number of esters is 1. The number of hydrogen-bond acceptors (Lipinski definition) is 6. The molecule has 0 aromatic heterocycles. The average Bonchev–Trinajstić information content (AvgIpc) is 2.86. The van der Waals surface area contributed by atoms with Gasteiger partial charge in [0.2, 0.25) is 0 Å². The van der Waals surface area contributed by atoms with E-state index in [1.54, 1.807) is 73.7 Å². The number of carbonyl (C=O) groups is 3. The fourth-order valence-corrected chi connectivity index (χ4v) is 3.01. The number of anilines is 1. The summed E-state index contributed by atoms with van der Waals surface area (Å²) >= 11 is 6.01. The van der Waals surface area contributed by atoms with E-state index in [9.17, 15) is 14.4 Å². The van der Waals surface area contributed by atoms with Gasteiger partial charge in [0.15, 0.2) is 0 Å². The molecule has 0 fully saturated rings. The number of hydrogen-bond donors (Lipinski definition) is 2. The molecule has 0 heterocycles. The number of nitrogens with one attached hydrogen (secondary N) is 2. The average molecular weight is 494 g/mol. The summed E-state index contributed by atoms with van der Waals surface area (Å²) in [5.74, 6) is -1.27. The molecular weight excluding hydrogens is 470 g/mol. The van der Waals surface area contributed by atoms with Crippen molar-refractivity contribution in [2.24, 2.45) is 5.10 Å². The number of hydrazone groups is 1. The van der Waals surface area contributed by atoms with Gasteiger partial charge in [-0.25, -0.2) is 10.2 Å². The molecule has 180 valence electrons. The normalized spacial score (nSPS) is 10.6. The lowest BCUT2D eigenvalue weighted by molar-refractivity contribution is -0.136. The van der Waals surface area contributed by atoms with Crippen molar-refractivity contribution in [3.63, 3.8) is 0 Å². The van der Waals surface area contributed by atoms with Crippen LogP contribution in [-0.2, 0) is 9.59 Å². The van der Waals surface area contributed by atoms with Gasteiger partial charge in [0.1, 0.15) is 11.5 Å². The second-order valence-electron chi connectivity index (χ2n) is 7.40. The zero-order valence-corrected chi connectivity index (χ0v) is 20.0. The molecule has 2 N–H and O–H groups in total. The second kappa shape index (κ2) is 12.3. The van der Waals surface area contributed by atoms with Crippen LogP contribution in [0.4, 0.5) is 5.69 Å². The van der Waals surface area contributed by atoms with E-state index in [1.165, 1.54) is 6.21 Å². The van der Waals surface area contributed by atoms with E-state index in [4.69, 9.17) is 21.1 Å². The van der Waals surface area contributed by atoms with Gasteiger partial charge in [0, 0.05) is 10.7 Å². The van der Waals surface area contributed by atoms with Crippen molar-refractivity contribution < 1.29 is 23.9 Å². The summed E-state index contributed by atoms with van der Waals surface area (Å²) in [6, 6.07) is 18.2. The summed E-state index contributed by atoms with van der Waals surface area (Å²) in [5, 5.41) is 6.74. The summed E-state index contributed by atoms with van der Waals surface area (Å²) < 4.78 is 10.9. The lowest BCUT2D eigenvalue weighted by Crippen LogP contribution is -2.32. The summed E-state index contributed by atoms with van der Waals surface area (Å²) in [6.07, 6.45) is 2.26. The predicted molar refractivity (Wildman–Crippen MR) is 134 cm³/mol. The van der Waals surface area contributed by atoms with Crippen LogP contribution in [0.15, 0.2) is 71.8 Å². The van der Waals surface area contributed by atoms with E-state index in [-0.39, 0.29) is 0 Å². The Morgan fingerprint density at radius 1 is 0.943 bits per heavy atom. The molecule has 3 aromatic carbocycles. The van der Waals surface area contributed by atoms with Crippen molar-refractivity contribution in [2.75, 3.05) is 11.9 Å². The van der Waals surface area contributed by atoms with Gasteiger partial charge in [-0.1, -0.05) is 24.6 Å². The van der Waals surface area contributed by atoms with Crippen LogP contribution in [-0.4, -0.2) is 30.6 Å². The first kappa shape index (κ1) is 25.5. The van der Waals surface area contributed by atoms with Gasteiger partial charge < -0.3 is 14.8 Å². The predicted octanol–water partition coefficient (Wildman–Crippen LogP) is 4.75. The molecule has 0 unspecified atom stereocenters. The largest absolute Gasteiger partial charge is 0.494 e. The van der Waals surface area contributed by atoms with Crippen LogP contribution in [0.1, 0.15) is 34.8 Å². The fraction of sp³-hybridized carbons (Fsp3) is 0.154. The van der Waals surface area contributed by atoms with Crippen molar-refractivity contribution in [2.45, 2.75) is 20.3 Å². The molecule has 0 spiro atoms. The third kappa shape index (κ3) is 7.41. The molecule has 3 aromatic rings. The highest BCUT2D eigenvalue weighted by atomic mass is 35.5. The third-order valence-corrected chi connectivity index (χ3v) is 5.16. The molecule has 0 aliphatic carbocycles. The molecule has 9 heteroatoms. The van der Waals surface area contributed by atoms with Gasteiger partial charge >= 0.3 is 17.8 Å². The molecule has 0 aliphatic heterocycles. The Kier molecular flexibility index (Phi) is 8.97. The summed E-state index contributed by atoms with van der Waals surface area (Å²) in [4.78, 5) is 36.4. The van der Waals surface area contributed by atoms with Gasteiger partial charge in [-0.3, -0.25) is 9.59 Å². The van der Waals surface area contributed by atoms with E-state index in [2.05, 4.69) is 15.8 Å². The number of benzene rings is 3. The smallest absolute Gasteiger partial charge is 0.343 e. The third-order valence-electron chi connectivity index (χ3n) is 4.76. The first-order chi connectivity index (χ1) is 16.9. The van der Waals surface area contributed by atoms with Gasteiger partial charge in [-0.15, -0.1) is 0 Å². The number of nitrogens with zero attached hydrogens (tertiary/aromatic N) is 1. The number of carbonyl (C=O) groups excluding carboxylic acids is 3. The molecular formula is C26H24ClN3O5. The maximum absolute atomic E-state index is 12.3. The summed E-state index contributed by atoms with van der Waals surface area (Å²) in [6.45, 7) is 4.36. The number of amides is 2. The van der Waals surface area contributed by atoms with Crippen LogP contribution in [0.2, 0.25) is 5.02 Å². The molecule has 2 amide bonds. The van der Waals surface area contributed by atoms with E-state index in [0.29, 0.717) is 45.5 Å². The first-order valence-electron chi connectivity index (χ1n) is 10.8. The van der Waals surface area contributed by atoms with Gasteiger partial charge in [0.25, 0.3) is 0 Å². The minimum Gasteiger partial charge on any atom is -0.494 e. The molecule has 0 saturated carbocycles. The van der Waals surface area contributed by atoms with Crippen molar-refractivity contribution in [3.8, 4) is 11.5 Å². The van der Waals surface area contributed by atoms with Crippen molar-refractivity contribution in [1.82, 2.24) is 5.43 Å². The van der Waals surface area contributed by atoms with Crippen LogP contribution in [0.5, 0.6) is 11.5 Å². The molecule has 8 nitrogen and oxygen atoms in total. The maximum Gasteiger partial charge on any atom is 0.343 e. The van der Waals surface area contributed by atoms with Crippen LogP contribution >= 0.6 is 11.6 Å². The second-order valence-corrected chi connectivity index (χ2v) is 7.80. The molecule has 0 aliphatic rings. The Balaban J connectivity index is 1.50. The van der Waals surface area contributed by atoms with E-state index < -0.39 is 17.8 Å².